The number of ether oxygens (including phenoxy) is 1. The summed E-state index contributed by atoms with van der Waals surface area (Å²) in [6, 6.07) is 23.3. The van der Waals surface area contributed by atoms with Crippen molar-refractivity contribution >= 4 is 40.5 Å². The molecule has 2 heterocycles. The van der Waals surface area contributed by atoms with Gasteiger partial charge in [0.15, 0.2) is 5.82 Å². The van der Waals surface area contributed by atoms with Gasteiger partial charge >= 0.3 is 6.09 Å². The van der Waals surface area contributed by atoms with Gasteiger partial charge in [-0.05, 0) is 35.4 Å². The monoisotopic (exact) mass is 488 g/mol. The van der Waals surface area contributed by atoms with Gasteiger partial charge in [-0.25, -0.2) is 15.6 Å². The van der Waals surface area contributed by atoms with E-state index < -0.39 is 6.09 Å². The second kappa shape index (κ2) is 10.2. The van der Waals surface area contributed by atoms with Crippen molar-refractivity contribution in [3.8, 4) is 0 Å². The Morgan fingerprint density at radius 2 is 1.69 bits per heavy atom. The van der Waals surface area contributed by atoms with Gasteiger partial charge in [-0.15, -0.1) is 0 Å². The number of aromatic nitrogens is 2. The fourth-order valence-electron chi connectivity index (χ4n) is 3.79. The maximum absolute atomic E-state index is 12.1. The molecule has 1 aliphatic heterocycles. The van der Waals surface area contributed by atoms with E-state index in [9.17, 15) is 9.90 Å². The summed E-state index contributed by atoms with van der Waals surface area (Å²) in [6.45, 7) is 1.07. The highest BCUT2D eigenvalue weighted by Crippen LogP contribution is 2.33. The van der Waals surface area contributed by atoms with Crippen LogP contribution >= 0.6 is 11.8 Å². The Balaban J connectivity index is 1.42. The van der Waals surface area contributed by atoms with E-state index in [-0.39, 0.29) is 13.2 Å². The van der Waals surface area contributed by atoms with Crippen LogP contribution in [0.3, 0.4) is 0 Å². The van der Waals surface area contributed by atoms with Crippen molar-refractivity contribution in [3.63, 3.8) is 0 Å². The number of fused-ring (bicyclic) bond motifs is 1. The fourth-order valence-corrected chi connectivity index (χ4v) is 4.85. The summed E-state index contributed by atoms with van der Waals surface area (Å²) in [5, 5.41) is 16.2. The molecule has 0 spiro atoms. The van der Waals surface area contributed by atoms with Crippen LogP contribution in [0, 0.1) is 0 Å². The first-order valence-corrected chi connectivity index (χ1v) is 11.9. The molecule has 0 atom stereocenters. The van der Waals surface area contributed by atoms with Crippen LogP contribution in [0.4, 0.5) is 16.6 Å². The third kappa shape index (κ3) is 4.85. The molecular formula is C25H24N6O3S. The molecule has 1 aliphatic rings. The zero-order valence-corrected chi connectivity index (χ0v) is 19.6. The lowest BCUT2D eigenvalue weighted by Gasteiger charge is -2.26. The molecule has 0 unspecified atom stereocenters. The minimum absolute atomic E-state index is 0.0164. The molecule has 178 valence electrons. The van der Waals surface area contributed by atoms with Crippen LogP contribution in [0.25, 0.3) is 10.9 Å². The van der Waals surface area contributed by atoms with Gasteiger partial charge in [-0.3, -0.25) is 0 Å². The van der Waals surface area contributed by atoms with Gasteiger partial charge in [0.25, 0.3) is 0 Å². The number of amides is 1. The molecule has 1 amide bonds. The number of rotatable bonds is 8. The van der Waals surface area contributed by atoms with Crippen molar-refractivity contribution in [1.82, 2.24) is 15.0 Å². The van der Waals surface area contributed by atoms with Crippen LogP contribution in [0.1, 0.15) is 11.1 Å². The zero-order chi connectivity index (χ0) is 24.2. The summed E-state index contributed by atoms with van der Waals surface area (Å²) in [6.07, 6.45) is -0.515. The summed E-state index contributed by atoms with van der Waals surface area (Å²) in [7, 11) is 0. The number of nitrogens with two attached hydrogens (primary N) is 1. The van der Waals surface area contributed by atoms with Crippen molar-refractivity contribution in [2.45, 2.75) is 22.9 Å². The Morgan fingerprint density at radius 3 is 2.43 bits per heavy atom. The topological polar surface area (TPSA) is 117 Å². The molecule has 35 heavy (non-hydrogen) atoms. The van der Waals surface area contributed by atoms with E-state index in [0.29, 0.717) is 30.4 Å². The van der Waals surface area contributed by atoms with Crippen molar-refractivity contribution in [2.75, 3.05) is 23.6 Å². The minimum Gasteiger partial charge on any atom is -0.446 e. The van der Waals surface area contributed by atoms with E-state index in [1.165, 1.54) is 10.1 Å². The molecule has 5 rings (SSSR count). The van der Waals surface area contributed by atoms with E-state index in [4.69, 9.17) is 10.6 Å². The molecule has 0 bridgehead atoms. The summed E-state index contributed by atoms with van der Waals surface area (Å²) in [5.41, 5.74) is 2.63. The van der Waals surface area contributed by atoms with Gasteiger partial charge in [0.2, 0.25) is 5.95 Å². The third-order valence-electron chi connectivity index (χ3n) is 5.57. The van der Waals surface area contributed by atoms with Gasteiger partial charge in [0, 0.05) is 21.7 Å². The maximum Gasteiger partial charge on any atom is 0.430 e. The normalized spacial score (nSPS) is 13.2. The molecule has 0 aliphatic carbocycles. The quantitative estimate of drug-likeness (QED) is 0.250. The molecular weight excluding hydrogens is 464 g/mol. The molecule has 1 saturated heterocycles. The van der Waals surface area contributed by atoms with Crippen LogP contribution in [0.2, 0.25) is 0 Å². The largest absolute Gasteiger partial charge is 0.446 e. The zero-order valence-electron chi connectivity index (χ0n) is 18.8. The number of cyclic esters (lactones) is 1. The number of nitrogens with one attached hydrogen (secondary N) is 1. The highest BCUT2D eigenvalue weighted by molar-refractivity contribution is 7.99. The number of hydrogen-bond donors (Lipinski definition) is 3. The first kappa shape index (κ1) is 22.9. The van der Waals surface area contributed by atoms with Crippen LogP contribution in [-0.2, 0) is 17.9 Å². The lowest BCUT2D eigenvalue weighted by atomic mass is 10.2. The predicted octanol–water partition coefficient (Wildman–Crippen LogP) is 3.93. The molecule has 9 nitrogen and oxygen atoms in total. The van der Waals surface area contributed by atoms with Crippen molar-refractivity contribution in [3.05, 3.63) is 83.9 Å². The predicted molar refractivity (Wildman–Crippen MR) is 135 cm³/mol. The minimum atomic E-state index is -0.515. The van der Waals surface area contributed by atoms with E-state index >= 15 is 0 Å². The standard InChI is InChI=1S/C25H24N6O3S/c26-31(30-13-14-34-25(30)33)23-19-9-3-4-10-20(19)28-24(29-23)27-15-17-7-1-5-11-21(17)35-22-12-6-2-8-18(22)16-32/h1-12,32H,13-16,26H2,(H,27,28,29). The van der Waals surface area contributed by atoms with Gasteiger partial charge < -0.3 is 15.2 Å². The van der Waals surface area contributed by atoms with Gasteiger partial charge in [0.1, 0.15) is 6.61 Å². The van der Waals surface area contributed by atoms with Gasteiger partial charge in [-0.2, -0.15) is 15.1 Å². The van der Waals surface area contributed by atoms with E-state index in [1.807, 2.05) is 72.8 Å². The van der Waals surface area contributed by atoms with E-state index in [0.717, 1.165) is 26.3 Å². The average Bonchev–Trinajstić information content (AvgIpc) is 3.33. The Labute approximate surface area is 206 Å². The molecule has 1 fully saturated rings. The number of hydrazine groups is 2. The van der Waals surface area contributed by atoms with Gasteiger partial charge in [-0.1, -0.05) is 60.3 Å². The number of hydrogen-bond acceptors (Lipinski definition) is 9. The highest BCUT2D eigenvalue weighted by atomic mass is 32.2. The number of carbonyl (C=O) groups excluding carboxylic acids is 1. The van der Waals surface area contributed by atoms with Crippen molar-refractivity contribution < 1.29 is 14.6 Å². The SMILES string of the molecule is NN(c1nc(NCc2ccccc2Sc2ccccc2CO)nc2ccccc12)N1CCOC1=O. The second-order valence-electron chi connectivity index (χ2n) is 7.80. The maximum atomic E-state index is 12.1. The Bertz CT molecular complexity index is 1370. The fraction of sp³-hybridized carbons (Fsp3) is 0.160. The van der Waals surface area contributed by atoms with Crippen LogP contribution in [0.5, 0.6) is 0 Å². The lowest BCUT2D eigenvalue weighted by molar-refractivity contribution is 0.155. The number of nitrogens with zero attached hydrogens (tertiary/aromatic N) is 4. The number of aliphatic hydroxyl groups is 1. The molecule has 0 saturated carbocycles. The average molecular weight is 489 g/mol. The smallest absolute Gasteiger partial charge is 0.430 e. The Hall–Kier alpha value is -3.86. The summed E-state index contributed by atoms with van der Waals surface area (Å²) >= 11 is 1.60. The molecule has 1 aromatic heterocycles. The molecule has 10 heteroatoms. The number of carbonyl (C=O) groups is 1. The molecule has 4 N–H and O–H groups in total. The summed E-state index contributed by atoms with van der Waals surface area (Å²) < 4.78 is 5.02. The number of anilines is 2. The lowest BCUT2D eigenvalue weighted by Crippen LogP contribution is -2.49. The third-order valence-corrected chi connectivity index (χ3v) is 6.81. The first-order valence-electron chi connectivity index (χ1n) is 11.1. The van der Waals surface area contributed by atoms with E-state index in [2.05, 4.69) is 15.3 Å². The van der Waals surface area contributed by atoms with Crippen LogP contribution < -0.4 is 16.3 Å². The molecule has 3 aromatic carbocycles. The number of para-hydroxylation sites is 1. The molecule has 0 radical (unpaired) electrons. The van der Waals surface area contributed by atoms with Gasteiger partial charge in [0.05, 0.1) is 18.7 Å². The molecule has 4 aromatic rings. The van der Waals surface area contributed by atoms with Crippen molar-refractivity contribution in [2.24, 2.45) is 5.84 Å². The van der Waals surface area contributed by atoms with Crippen molar-refractivity contribution in [1.29, 1.82) is 0 Å². The van der Waals surface area contributed by atoms with Crippen LogP contribution in [-0.4, -0.2) is 39.3 Å². The number of benzene rings is 3. The second-order valence-corrected chi connectivity index (χ2v) is 8.88. The first-order chi connectivity index (χ1) is 17.1. The number of aliphatic hydroxyl groups excluding tert-OH is 1. The Morgan fingerprint density at radius 1 is 1.00 bits per heavy atom. The highest BCUT2D eigenvalue weighted by Gasteiger charge is 2.29. The summed E-state index contributed by atoms with van der Waals surface area (Å²) in [5.74, 6) is 7.07. The van der Waals surface area contributed by atoms with E-state index in [1.54, 1.807) is 11.8 Å². The summed E-state index contributed by atoms with van der Waals surface area (Å²) in [4.78, 5) is 23.4. The Kier molecular flexibility index (Phi) is 6.66. The van der Waals surface area contributed by atoms with Crippen LogP contribution in [0.15, 0.2) is 82.6 Å².